The van der Waals surface area contributed by atoms with Crippen molar-refractivity contribution < 1.29 is 14.7 Å². The van der Waals surface area contributed by atoms with Crippen molar-refractivity contribution in [2.24, 2.45) is 5.92 Å². The summed E-state index contributed by atoms with van der Waals surface area (Å²) in [4.78, 5) is 28.0. The maximum absolute atomic E-state index is 12.4. The van der Waals surface area contributed by atoms with Crippen molar-refractivity contribution in [1.29, 1.82) is 0 Å². The third-order valence-corrected chi connectivity index (χ3v) is 4.23. The van der Waals surface area contributed by atoms with Crippen molar-refractivity contribution in [3.8, 4) is 0 Å². The van der Waals surface area contributed by atoms with Crippen molar-refractivity contribution in [1.82, 2.24) is 10.3 Å². The monoisotopic (exact) mass is 298 g/mol. The molecule has 1 aliphatic rings. The predicted octanol–water partition coefficient (Wildman–Crippen LogP) is 2.61. The smallest absolute Gasteiger partial charge is 0.308 e. The van der Waals surface area contributed by atoms with E-state index < -0.39 is 11.9 Å². The lowest BCUT2D eigenvalue weighted by Crippen LogP contribution is -2.45. The summed E-state index contributed by atoms with van der Waals surface area (Å²) in [6.07, 6.45) is 3.17. The zero-order valence-corrected chi connectivity index (χ0v) is 12.2. The zero-order chi connectivity index (χ0) is 15.5. The standard InChI is InChI=1S/C17H18N2O3/c20-16(19-14-8-4-2-6-12(14)17(21)22)15-10-9-11-5-1-3-7-13(11)18-15/h1,3,5,7,9-10,12,14H,2,4,6,8H2,(H,19,20)(H,21,22)/t12-,14+/m1/s1. The number of hydrogen-bond donors (Lipinski definition) is 2. The minimum atomic E-state index is -0.837. The van der Waals surface area contributed by atoms with E-state index >= 15 is 0 Å². The third kappa shape index (κ3) is 2.93. The molecule has 1 amide bonds. The van der Waals surface area contributed by atoms with E-state index in [1.54, 1.807) is 6.07 Å². The molecular formula is C17H18N2O3. The summed E-state index contributed by atoms with van der Waals surface area (Å²) in [7, 11) is 0. The summed E-state index contributed by atoms with van der Waals surface area (Å²) in [6.45, 7) is 0. The number of carbonyl (C=O) groups excluding carboxylic acids is 1. The van der Waals surface area contributed by atoms with E-state index in [0.29, 0.717) is 18.5 Å². The van der Waals surface area contributed by atoms with Gasteiger partial charge in [0.25, 0.3) is 5.91 Å². The maximum Gasteiger partial charge on any atom is 0.308 e. The Balaban J connectivity index is 1.78. The number of aromatic nitrogens is 1. The number of carboxylic acids is 1. The van der Waals surface area contributed by atoms with Crippen LogP contribution in [0.1, 0.15) is 36.2 Å². The SMILES string of the molecule is O=C(N[C@H]1CCCC[C@H]1C(=O)O)c1ccc2ccccc2n1. The van der Waals surface area contributed by atoms with Crippen LogP contribution in [-0.4, -0.2) is 28.0 Å². The largest absolute Gasteiger partial charge is 0.481 e. The molecule has 1 aliphatic carbocycles. The van der Waals surface area contributed by atoms with Gasteiger partial charge in [-0.3, -0.25) is 9.59 Å². The van der Waals surface area contributed by atoms with Gasteiger partial charge in [-0.1, -0.05) is 37.1 Å². The number of para-hydroxylation sites is 1. The first-order valence-corrected chi connectivity index (χ1v) is 7.54. The van der Waals surface area contributed by atoms with Gasteiger partial charge in [-0.05, 0) is 25.0 Å². The molecular weight excluding hydrogens is 280 g/mol. The van der Waals surface area contributed by atoms with Gasteiger partial charge in [0.15, 0.2) is 0 Å². The van der Waals surface area contributed by atoms with Crippen LogP contribution in [0.3, 0.4) is 0 Å². The van der Waals surface area contributed by atoms with Gasteiger partial charge in [0.05, 0.1) is 11.4 Å². The van der Waals surface area contributed by atoms with E-state index in [4.69, 9.17) is 0 Å². The summed E-state index contributed by atoms with van der Waals surface area (Å²) >= 11 is 0. The fourth-order valence-electron chi connectivity index (χ4n) is 3.03. The number of hydrogen-bond acceptors (Lipinski definition) is 3. The molecule has 1 saturated carbocycles. The first-order valence-electron chi connectivity index (χ1n) is 7.54. The van der Waals surface area contributed by atoms with Crippen LogP contribution < -0.4 is 5.32 Å². The average Bonchev–Trinajstić information content (AvgIpc) is 2.54. The average molecular weight is 298 g/mol. The third-order valence-electron chi connectivity index (χ3n) is 4.23. The second-order valence-corrected chi connectivity index (χ2v) is 5.70. The molecule has 2 N–H and O–H groups in total. The van der Waals surface area contributed by atoms with Crippen LogP contribution in [0.25, 0.3) is 10.9 Å². The first kappa shape index (κ1) is 14.5. The van der Waals surface area contributed by atoms with Crippen LogP contribution in [-0.2, 0) is 4.79 Å². The Kier molecular flexibility index (Phi) is 4.04. The van der Waals surface area contributed by atoms with Gasteiger partial charge < -0.3 is 10.4 Å². The van der Waals surface area contributed by atoms with Gasteiger partial charge in [-0.2, -0.15) is 0 Å². The Bertz CT molecular complexity index is 714. The first-order chi connectivity index (χ1) is 10.6. The van der Waals surface area contributed by atoms with Gasteiger partial charge >= 0.3 is 5.97 Å². The number of nitrogens with one attached hydrogen (secondary N) is 1. The lowest BCUT2D eigenvalue weighted by atomic mass is 9.84. The molecule has 0 unspecified atom stereocenters. The summed E-state index contributed by atoms with van der Waals surface area (Å²) in [5, 5.41) is 13.1. The lowest BCUT2D eigenvalue weighted by molar-refractivity contribution is -0.143. The van der Waals surface area contributed by atoms with Crippen molar-refractivity contribution in [3.05, 3.63) is 42.1 Å². The number of nitrogens with zero attached hydrogens (tertiary/aromatic N) is 1. The fraction of sp³-hybridized carbons (Fsp3) is 0.353. The molecule has 5 nitrogen and oxygen atoms in total. The Labute approximate surface area is 128 Å². The van der Waals surface area contributed by atoms with Gasteiger partial charge in [0, 0.05) is 11.4 Å². The number of pyridine rings is 1. The number of carbonyl (C=O) groups is 2. The summed E-state index contributed by atoms with van der Waals surface area (Å²) in [5.41, 5.74) is 1.09. The van der Waals surface area contributed by atoms with Gasteiger partial charge in [-0.25, -0.2) is 4.98 Å². The molecule has 114 valence electrons. The van der Waals surface area contributed by atoms with E-state index in [1.165, 1.54) is 0 Å². The van der Waals surface area contributed by atoms with E-state index in [9.17, 15) is 14.7 Å². The van der Waals surface area contributed by atoms with E-state index in [0.717, 1.165) is 23.7 Å². The van der Waals surface area contributed by atoms with Gasteiger partial charge in [0.1, 0.15) is 5.69 Å². The zero-order valence-electron chi connectivity index (χ0n) is 12.2. The molecule has 1 heterocycles. The molecule has 5 heteroatoms. The van der Waals surface area contributed by atoms with Crippen molar-refractivity contribution >= 4 is 22.8 Å². The van der Waals surface area contributed by atoms with E-state index in [1.807, 2.05) is 30.3 Å². The topological polar surface area (TPSA) is 79.3 Å². The highest BCUT2D eigenvalue weighted by molar-refractivity contribution is 5.95. The molecule has 0 radical (unpaired) electrons. The minimum absolute atomic E-state index is 0.302. The highest BCUT2D eigenvalue weighted by Crippen LogP contribution is 2.25. The number of aliphatic carboxylic acids is 1. The highest BCUT2D eigenvalue weighted by atomic mass is 16.4. The van der Waals surface area contributed by atoms with Crippen LogP contribution in [0.2, 0.25) is 0 Å². The molecule has 2 aromatic rings. The summed E-state index contributed by atoms with van der Waals surface area (Å²) < 4.78 is 0. The summed E-state index contributed by atoms with van der Waals surface area (Å²) in [6, 6.07) is 10.8. The van der Waals surface area contributed by atoms with Gasteiger partial charge in [0.2, 0.25) is 0 Å². The van der Waals surface area contributed by atoms with Crippen molar-refractivity contribution in [2.45, 2.75) is 31.7 Å². The number of benzene rings is 1. The molecule has 1 fully saturated rings. The number of rotatable bonds is 3. The Hall–Kier alpha value is -2.43. The normalized spacial score (nSPS) is 21.5. The van der Waals surface area contributed by atoms with Crippen molar-refractivity contribution in [2.75, 3.05) is 0 Å². The number of amides is 1. The van der Waals surface area contributed by atoms with Gasteiger partial charge in [-0.15, -0.1) is 0 Å². The minimum Gasteiger partial charge on any atom is -0.481 e. The highest BCUT2D eigenvalue weighted by Gasteiger charge is 2.32. The maximum atomic E-state index is 12.4. The van der Waals surface area contributed by atoms with E-state index in [2.05, 4.69) is 10.3 Å². The molecule has 0 spiro atoms. The second-order valence-electron chi connectivity index (χ2n) is 5.70. The molecule has 1 aromatic heterocycles. The Morgan fingerprint density at radius 3 is 2.68 bits per heavy atom. The number of fused-ring (bicyclic) bond motifs is 1. The van der Waals surface area contributed by atoms with Crippen LogP contribution in [0, 0.1) is 5.92 Å². The second kappa shape index (κ2) is 6.13. The molecule has 22 heavy (non-hydrogen) atoms. The van der Waals surface area contributed by atoms with Crippen LogP contribution >= 0.6 is 0 Å². The molecule has 0 saturated heterocycles. The Morgan fingerprint density at radius 1 is 1.09 bits per heavy atom. The van der Waals surface area contributed by atoms with Crippen molar-refractivity contribution in [3.63, 3.8) is 0 Å². The van der Waals surface area contributed by atoms with E-state index in [-0.39, 0.29) is 11.9 Å². The fourth-order valence-corrected chi connectivity index (χ4v) is 3.03. The molecule has 1 aromatic carbocycles. The predicted molar refractivity (Wildman–Crippen MR) is 82.6 cm³/mol. The number of carboxylic acid groups (broad SMARTS) is 1. The molecule has 0 aliphatic heterocycles. The van der Waals surface area contributed by atoms with Crippen LogP contribution in [0.4, 0.5) is 0 Å². The lowest BCUT2D eigenvalue weighted by Gasteiger charge is -2.29. The molecule has 2 atom stereocenters. The molecule has 0 bridgehead atoms. The Morgan fingerprint density at radius 2 is 1.86 bits per heavy atom. The quantitative estimate of drug-likeness (QED) is 0.913. The molecule has 3 rings (SSSR count). The summed E-state index contributed by atoms with van der Waals surface area (Å²) in [5.74, 6) is -1.64. The van der Waals surface area contributed by atoms with Crippen LogP contribution in [0.15, 0.2) is 36.4 Å². The van der Waals surface area contributed by atoms with Crippen LogP contribution in [0.5, 0.6) is 0 Å².